The number of aromatic nitrogens is 2. The molecular formula is C25H28ClFN4O6. The highest BCUT2D eigenvalue weighted by Gasteiger charge is 2.72. The Morgan fingerprint density at radius 1 is 1.24 bits per heavy atom. The molecule has 2 atom stereocenters. The molecule has 2 aromatic rings. The topological polar surface area (TPSA) is 124 Å². The van der Waals surface area contributed by atoms with Gasteiger partial charge in [0, 0.05) is 29.6 Å². The number of hydrogen-bond donors (Lipinski definition) is 1. The van der Waals surface area contributed by atoms with Crippen molar-refractivity contribution in [3.63, 3.8) is 0 Å². The van der Waals surface area contributed by atoms with Gasteiger partial charge in [-0.1, -0.05) is 11.6 Å². The van der Waals surface area contributed by atoms with Gasteiger partial charge in [-0.3, -0.25) is 9.59 Å². The van der Waals surface area contributed by atoms with Crippen LogP contribution in [0.15, 0.2) is 22.6 Å². The Morgan fingerprint density at radius 3 is 2.57 bits per heavy atom. The molecule has 3 saturated carbocycles. The Morgan fingerprint density at radius 2 is 1.95 bits per heavy atom. The van der Waals surface area contributed by atoms with Crippen molar-refractivity contribution >= 4 is 29.4 Å². The maximum absolute atomic E-state index is 13.5. The highest BCUT2D eigenvalue weighted by atomic mass is 35.5. The van der Waals surface area contributed by atoms with Gasteiger partial charge in [-0.25, -0.2) is 9.18 Å². The van der Waals surface area contributed by atoms with E-state index in [0.29, 0.717) is 31.7 Å². The van der Waals surface area contributed by atoms with E-state index >= 15 is 0 Å². The van der Waals surface area contributed by atoms with Crippen LogP contribution in [0.3, 0.4) is 0 Å². The normalized spacial score (nSPS) is 27.9. The lowest BCUT2D eigenvalue weighted by Gasteiger charge is -2.68. The Bertz CT molecular complexity index is 1250. The average Bonchev–Trinajstić information content (AvgIpc) is 3.22. The second-order valence-corrected chi connectivity index (χ2v) is 11.7. The third kappa shape index (κ3) is 4.65. The number of benzene rings is 1. The number of Topliss-reactive ketones (excluding diaryl/α,β-unsaturated/α-hetero) is 1. The average molecular weight is 535 g/mol. The highest BCUT2D eigenvalue weighted by molar-refractivity contribution is 6.30. The molecule has 3 aliphatic carbocycles. The number of halogens is 2. The predicted octanol–water partition coefficient (Wildman–Crippen LogP) is 3.89. The summed E-state index contributed by atoms with van der Waals surface area (Å²) in [5, 5.41) is 10.9. The second kappa shape index (κ2) is 8.68. The van der Waals surface area contributed by atoms with E-state index in [1.165, 1.54) is 12.1 Å². The van der Waals surface area contributed by atoms with E-state index in [1.807, 2.05) is 6.92 Å². The van der Waals surface area contributed by atoms with E-state index in [9.17, 15) is 18.8 Å². The molecule has 2 heterocycles. The van der Waals surface area contributed by atoms with Crippen LogP contribution in [0.1, 0.15) is 69.5 Å². The molecule has 198 valence electrons. The van der Waals surface area contributed by atoms with Crippen LogP contribution in [-0.4, -0.2) is 63.2 Å². The van der Waals surface area contributed by atoms with Crippen molar-refractivity contribution in [2.24, 2.45) is 5.41 Å². The summed E-state index contributed by atoms with van der Waals surface area (Å²) in [6.07, 6.45) is 1.03. The fourth-order valence-electron chi connectivity index (χ4n) is 5.37. The van der Waals surface area contributed by atoms with Crippen LogP contribution in [0, 0.1) is 11.2 Å². The summed E-state index contributed by atoms with van der Waals surface area (Å²) >= 11 is 5.64. The predicted molar refractivity (Wildman–Crippen MR) is 128 cm³/mol. The van der Waals surface area contributed by atoms with Crippen molar-refractivity contribution < 1.29 is 32.7 Å². The Hall–Kier alpha value is -3.21. The molecule has 2 amide bonds. The molecule has 10 nitrogen and oxygen atoms in total. The molecule has 6 rings (SSSR count). The van der Waals surface area contributed by atoms with Gasteiger partial charge in [-0.2, -0.15) is 0 Å². The third-order valence-electron chi connectivity index (χ3n) is 7.22. The maximum atomic E-state index is 13.5. The van der Waals surface area contributed by atoms with E-state index in [4.69, 9.17) is 25.5 Å². The number of amides is 2. The molecule has 1 saturated heterocycles. The number of ketones is 1. The molecule has 37 heavy (non-hydrogen) atoms. The highest BCUT2D eigenvalue weighted by Crippen LogP contribution is 2.68. The first-order valence-corrected chi connectivity index (χ1v) is 12.4. The number of rotatable bonds is 7. The fraction of sp³-hybridized carbons (Fsp3) is 0.560. The van der Waals surface area contributed by atoms with Crippen molar-refractivity contribution in [1.29, 1.82) is 0 Å². The molecule has 12 heteroatoms. The van der Waals surface area contributed by atoms with Crippen LogP contribution in [0.2, 0.25) is 5.02 Å². The summed E-state index contributed by atoms with van der Waals surface area (Å²) in [6, 6.07) is 3.75. The van der Waals surface area contributed by atoms with Gasteiger partial charge in [0.15, 0.2) is 6.61 Å². The maximum Gasteiger partial charge on any atom is 0.410 e. The van der Waals surface area contributed by atoms with E-state index in [1.54, 1.807) is 25.7 Å². The zero-order valence-corrected chi connectivity index (χ0v) is 21.7. The Kier molecular flexibility index (Phi) is 5.97. The fourth-order valence-corrected chi connectivity index (χ4v) is 5.48. The molecule has 2 bridgehead atoms. The van der Waals surface area contributed by atoms with Gasteiger partial charge in [0.25, 0.3) is 11.8 Å². The number of carbonyl (C=O) groups is 3. The number of carbonyl (C=O) groups excluding carboxylic acids is 3. The molecule has 1 N–H and O–H groups in total. The zero-order valence-electron chi connectivity index (χ0n) is 21.0. The van der Waals surface area contributed by atoms with Gasteiger partial charge in [0.05, 0.1) is 10.9 Å². The molecule has 4 aliphatic rings. The summed E-state index contributed by atoms with van der Waals surface area (Å²) in [5.41, 5.74) is -1.67. The zero-order chi connectivity index (χ0) is 26.8. The van der Waals surface area contributed by atoms with E-state index in [2.05, 4.69) is 15.5 Å². The second-order valence-electron chi connectivity index (χ2n) is 11.3. The number of nitrogens with zero attached hydrogens (tertiary/aromatic N) is 3. The standard InChI is InChI=1S/C25H28ClFN4O6/c1-13-15(8-31(13)22(34)37-23(2,3)4)20-29-30-21(36-20)19(33)24-10-25(11-24,12-24)28-18(32)9-35-14-5-6-16(26)17(27)7-14/h5-7,13,15H,8-12H2,1-4H3,(H,28,32). The van der Waals surface area contributed by atoms with E-state index in [0.717, 1.165) is 6.07 Å². The largest absolute Gasteiger partial charge is 0.484 e. The molecule has 2 unspecified atom stereocenters. The minimum Gasteiger partial charge on any atom is -0.484 e. The van der Waals surface area contributed by atoms with E-state index < -0.39 is 28.5 Å². The van der Waals surface area contributed by atoms with Crippen LogP contribution in [0.4, 0.5) is 9.18 Å². The van der Waals surface area contributed by atoms with Crippen molar-refractivity contribution in [3.8, 4) is 5.75 Å². The third-order valence-corrected chi connectivity index (χ3v) is 7.53. The van der Waals surface area contributed by atoms with Crippen molar-refractivity contribution in [1.82, 2.24) is 20.4 Å². The van der Waals surface area contributed by atoms with Gasteiger partial charge in [0.1, 0.15) is 17.2 Å². The van der Waals surface area contributed by atoms with Crippen molar-refractivity contribution in [2.75, 3.05) is 13.2 Å². The molecular weight excluding hydrogens is 507 g/mol. The van der Waals surface area contributed by atoms with Gasteiger partial charge in [-0.15, -0.1) is 10.2 Å². The van der Waals surface area contributed by atoms with Crippen LogP contribution >= 0.6 is 11.6 Å². The molecule has 1 aromatic heterocycles. The minimum absolute atomic E-state index is 0.0287. The van der Waals surface area contributed by atoms with Gasteiger partial charge in [-0.05, 0) is 59.1 Å². The molecule has 0 spiro atoms. The molecule has 1 aromatic carbocycles. The van der Waals surface area contributed by atoms with Gasteiger partial charge < -0.3 is 24.1 Å². The summed E-state index contributed by atoms with van der Waals surface area (Å²) in [4.78, 5) is 39.3. The SMILES string of the molecule is CC1C(c2nnc(C(=O)C34CC(NC(=O)COc5ccc(Cl)c(F)c5)(C3)C4)o2)CN1C(=O)OC(C)(C)C. The quantitative estimate of drug-likeness (QED) is 0.531. The van der Waals surface area contributed by atoms with Crippen molar-refractivity contribution in [2.45, 2.75) is 70.1 Å². The number of nitrogens with one attached hydrogen (secondary N) is 1. The monoisotopic (exact) mass is 534 g/mol. The first-order chi connectivity index (χ1) is 17.3. The first-order valence-electron chi connectivity index (χ1n) is 12.1. The van der Waals surface area contributed by atoms with Crippen LogP contribution < -0.4 is 10.1 Å². The Labute approximate surface area is 217 Å². The summed E-state index contributed by atoms with van der Waals surface area (Å²) in [6.45, 7) is 7.37. The van der Waals surface area contributed by atoms with Crippen LogP contribution in [-0.2, 0) is 9.53 Å². The van der Waals surface area contributed by atoms with Crippen LogP contribution in [0.25, 0.3) is 0 Å². The number of likely N-dealkylation sites (tertiary alicyclic amines) is 1. The van der Waals surface area contributed by atoms with Gasteiger partial charge >= 0.3 is 6.09 Å². The molecule has 4 fully saturated rings. The number of hydrogen-bond acceptors (Lipinski definition) is 8. The Balaban J connectivity index is 1.10. The van der Waals surface area contributed by atoms with Crippen LogP contribution in [0.5, 0.6) is 5.75 Å². The lowest BCUT2D eigenvalue weighted by atomic mass is 9.38. The minimum atomic E-state index is -0.629. The smallest absolute Gasteiger partial charge is 0.410 e. The summed E-state index contributed by atoms with van der Waals surface area (Å²) in [5.74, 6) is -0.920. The van der Waals surface area contributed by atoms with Gasteiger partial charge in [0.2, 0.25) is 11.7 Å². The first kappa shape index (κ1) is 25.4. The lowest BCUT2D eigenvalue weighted by molar-refractivity contribution is -0.148. The van der Waals surface area contributed by atoms with Crippen molar-refractivity contribution in [3.05, 3.63) is 40.8 Å². The lowest BCUT2D eigenvalue weighted by Crippen LogP contribution is -2.77. The molecule has 0 radical (unpaired) electrons. The van der Waals surface area contributed by atoms with E-state index in [-0.39, 0.29) is 46.9 Å². The summed E-state index contributed by atoms with van der Waals surface area (Å²) in [7, 11) is 0. The summed E-state index contributed by atoms with van der Waals surface area (Å²) < 4.78 is 30.0. The molecule has 1 aliphatic heterocycles. The number of ether oxygens (including phenoxy) is 2.